The maximum absolute atomic E-state index is 6.27. The quantitative estimate of drug-likeness (QED) is 0.199. The predicted octanol–water partition coefficient (Wildman–Crippen LogP) is 12.9. The highest BCUT2D eigenvalue weighted by atomic mass is 32.1. The first kappa shape index (κ1) is 25.9. The molecule has 10 rings (SSSR count). The molecule has 218 valence electrons. The number of hydrogen-bond acceptors (Lipinski definition) is 3. The summed E-state index contributed by atoms with van der Waals surface area (Å²) in [4.78, 5) is 2.47. The van der Waals surface area contributed by atoms with Gasteiger partial charge in [-0.05, 0) is 81.6 Å². The van der Waals surface area contributed by atoms with Crippen molar-refractivity contribution < 1.29 is 4.42 Å². The Balaban J connectivity index is 1.31. The second-order valence-corrected chi connectivity index (χ2v) is 14.0. The van der Waals surface area contributed by atoms with Gasteiger partial charge in [0.05, 0.1) is 10.4 Å². The van der Waals surface area contributed by atoms with E-state index in [2.05, 4.69) is 152 Å². The lowest BCUT2D eigenvalue weighted by atomic mass is 9.82. The second-order valence-electron chi connectivity index (χ2n) is 12.9. The molecule has 9 aromatic rings. The van der Waals surface area contributed by atoms with E-state index in [1.165, 1.54) is 58.9 Å². The van der Waals surface area contributed by atoms with Crippen molar-refractivity contribution in [1.29, 1.82) is 0 Å². The van der Waals surface area contributed by atoms with Gasteiger partial charge in [-0.25, -0.2) is 0 Å². The van der Waals surface area contributed by atoms with Crippen LogP contribution in [0.2, 0.25) is 0 Å². The third kappa shape index (κ3) is 3.52. The van der Waals surface area contributed by atoms with Crippen molar-refractivity contribution in [3.05, 3.63) is 151 Å². The Labute approximate surface area is 270 Å². The van der Waals surface area contributed by atoms with Crippen LogP contribution in [0.3, 0.4) is 0 Å². The van der Waals surface area contributed by atoms with Gasteiger partial charge in [-0.3, -0.25) is 0 Å². The molecule has 0 atom stereocenters. The van der Waals surface area contributed by atoms with Crippen molar-refractivity contribution >= 4 is 81.3 Å². The molecule has 3 heteroatoms. The number of rotatable bonds is 3. The average Bonchev–Trinajstić information content (AvgIpc) is 3.73. The molecule has 0 fully saturated rings. The number of furan rings is 1. The van der Waals surface area contributed by atoms with Gasteiger partial charge in [0.15, 0.2) is 0 Å². The fourth-order valence-electron chi connectivity index (χ4n) is 7.85. The standard InChI is InChI=1S/C43H29NOS/c1-43(2)35-16-8-5-13-30(35)33-24-27(19-21-36(33)43)44(28-20-22-39-34(25-28)31-14-6-9-17-38(31)45-39)37-23-26-11-3-4-12-29(26)41-32-15-7-10-18-40(32)46-42(37)41/h3-25H,1-2H3. The van der Waals surface area contributed by atoms with E-state index >= 15 is 0 Å². The average molecular weight is 608 g/mol. The first-order valence-electron chi connectivity index (χ1n) is 15.9. The molecule has 7 aromatic carbocycles. The smallest absolute Gasteiger partial charge is 0.135 e. The molecule has 0 radical (unpaired) electrons. The molecule has 0 N–H and O–H groups in total. The van der Waals surface area contributed by atoms with Crippen LogP contribution < -0.4 is 4.90 Å². The van der Waals surface area contributed by atoms with Gasteiger partial charge in [0, 0.05) is 43.0 Å². The summed E-state index contributed by atoms with van der Waals surface area (Å²) in [5.74, 6) is 0. The van der Waals surface area contributed by atoms with Gasteiger partial charge in [-0.15, -0.1) is 11.3 Å². The molecule has 0 amide bonds. The van der Waals surface area contributed by atoms with E-state index in [9.17, 15) is 0 Å². The Bertz CT molecular complexity index is 2690. The van der Waals surface area contributed by atoms with Crippen LogP contribution in [0.5, 0.6) is 0 Å². The summed E-state index contributed by atoms with van der Waals surface area (Å²) in [5.41, 5.74) is 10.6. The number of anilines is 3. The monoisotopic (exact) mass is 607 g/mol. The fraction of sp³-hybridized carbons (Fsp3) is 0.0698. The first-order valence-corrected chi connectivity index (χ1v) is 16.7. The number of para-hydroxylation sites is 1. The van der Waals surface area contributed by atoms with Crippen molar-refractivity contribution in [2.45, 2.75) is 19.3 Å². The zero-order valence-electron chi connectivity index (χ0n) is 25.5. The van der Waals surface area contributed by atoms with Gasteiger partial charge >= 0.3 is 0 Å². The molecule has 2 heterocycles. The SMILES string of the molecule is CC1(C)c2ccccc2-c2cc(N(c3ccc4oc5ccccc5c4c3)c3cc4ccccc4c4c3sc3ccccc34)ccc21. The molecule has 0 unspecified atom stereocenters. The maximum atomic E-state index is 6.27. The molecule has 0 bridgehead atoms. The molecule has 0 spiro atoms. The zero-order chi connectivity index (χ0) is 30.6. The van der Waals surface area contributed by atoms with Crippen molar-refractivity contribution in [1.82, 2.24) is 0 Å². The van der Waals surface area contributed by atoms with Crippen LogP contribution in [-0.4, -0.2) is 0 Å². The summed E-state index contributed by atoms with van der Waals surface area (Å²) in [5, 5.41) is 7.41. The normalized spacial score (nSPS) is 13.6. The van der Waals surface area contributed by atoms with Gasteiger partial charge in [0.2, 0.25) is 0 Å². The highest BCUT2D eigenvalue weighted by molar-refractivity contribution is 7.26. The molecule has 46 heavy (non-hydrogen) atoms. The molecule has 0 saturated carbocycles. The summed E-state index contributed by atoms with van der Waals surface area (Å²) >= 11 is 1.88. The minimum Gasteiger partial charge on any atom is -0.456 e. The van der Waals surface area contributed by atoms with Crippen LogP contribution >= 0.6 is 11.3 Å². The molecule has 0 aliphatic heterocycles. The van der Waals surface area contributed by atoms with Crippen LogP contribution in [0.1, 0.15) is 25.0 Å². The van der Waals surface area contributed by atoms with Crippen molar-refractivity contribution in [3.8, 4) is 11.1 Å². The molecule has 0 saturated heterocycles. The largest absolute Gasteiger partial charge is 0.456 e. The lowest BCUT2D eigenvalue weighted by Gasteiger charge is -2.28. The van der Waals surface area contributed by atoms with Crippen molar-refractivity contribution in [3.63, 3.8) is 0 Å². The molecular formula is C43H29NOS. The van der Waals surface area contributed by atoms with E-state index in [0.29, 0.717) is 0 Å². The zero-order valence-corrected chi connectivity index (χ0v) is 26.4. The molecule has 1 aliphatic carbocycles. The predicted molar refractivity (Wildman–Crippen MR) is 196 cm³/mol. The van der Waals surface area contributed by atoms with Crippen LogP contribution in [-0.2, 0) is 5.41 Å². The number of benzene rings is 7. The van der Waals surface area contributed by atoms with Crippen molar-refractivity contribution in [2.24, 2.45) is 0 Å². The lowest BCUT2D eigenvalue weighted by Crippen LogP contribution is -2.15. The summed E-state index contributed by atoms with van der Waals surface area (Å²) in [7, 11) is 0. The number of hydrogen-bond donors (Lipinski definition) is 0. The van der Waals surface area contributed by atoms with Crippen LogP contribution in [0.25, 0.3) is 64.0 Å². The van der Waals surface area contributed by atoms with Crippen LogP contribution in [0.4, 0.5) is 17.1 Å². The van der Waals surface area contributed by atoms with E-state index in [1.807, 2.05) is 17.4 Å². The Morgan fingerprint density at radius 1 is 0.543 bits per heavy atom. The maximum Gasteiger partial charge on any atom is 0.135 e. The Morgan fingerprint density at radius 2 is 1.22 bits per heavy atom. The number of nitrogens with zero attached hydrogens (tertiary/aromatic N) is 1. The molecule has 1 aliphatic rings. The summed E-state index contributed by atoms with van der Waals surface area (Å²) in [6.07, 6.45) is 0. The summed E-state index contributed by atoms with van der Waals surface area (Å²) < 4.78 is 8.86. The molecule has 2 aromatic heterocycles. The first-order chi connectivity index (χ1) is 22.6. The minimum absolute atomic E-state index is 0.0500. The third-order valence-corrected chi connectivity index (χ3v) is 11.2. The van der Waals surface area contributed by atoms with E-state index in [-0.39, 0.29) is 5.41 Å². The summed E-state index contributed by atoms with van der Waals surface area (Å²) in [6, 6.07) is 51.0. The lowest BCUT2D eigenvalue weighted by molar-refractivity contribution is 0.660. The van der Waals surface area contributed by atoms with Crippen LogP contribution in [0, 0.1) is 0 Å². The number of fused-ring (bicyclic) bond motifs is 11. The molecule has 2 nitrogen and oxygen atoms in total. The van der Waals surface area contributed by atoms with Gasteiger partial charge in [-0.2, -0.15) is 0 Å². The fourth-order valence-corrected chi connectivity index (χ4v) is 9.07. The van der Waals surface area contributed by atoms with E-state index in [0.717, 1.165) is 33.3 Å². The van der Waals surface area contributed by atoms with Gasteiger partial charge in [0.25, 0.3) is 0 Å². The summed E-state index contributed by atoms with van der Waals surface area (Å²) in [6.45, 7) is 4.69. The van der Waals surface area contributed by atoms with E-state index in [1.54, 1.807) is 0 Å². The van der Waals surface area contributed by atoms with E-state index < -0.39 is 0 Å². The third-order valence-electron chi connectivity index (χ3n) is 10.0. The topological polar surface area (TPSA) is 16.4 Å². The molecular weight excluding hydrogens is 579 g/mol. The van der Waals surface area contributed by atoms with Crippen LogP contribution in [0.15, 0.2) is 144 Å². The Hall–Kier alpha value is -5.38. The minimum atomic E-state index is -0.0500. The number of thiophene rings is 1. The second kappa shape index (κ2) is 9.32. The Morgan fingerprint density at radius 3 is 2.13 bits per heavy atom. The highest BCUT2D eigenvalue weighted by Crippen LogP contribution is 2.53. The Kier molecular flexibility index (Phi) is 5.25. The van der Waals surface area contributed by atoms with Gasteiger partial charge in [0.1, 0.15) is 11.2 Å². The van der Waals surface area contributed by atoms with E-state index in [4.69, 9.17) is 4.42 Å². The highest BCUT2D eigenvalue weighted by Gasteiger charge is 2.35. The van der Waals surface area contributed by atoms with Crippen molar-refractivity contribution in [2.75, 3.05) is 4.90 Å². The van der Waals surface area contributed by atoms with Gasteiger partial charge in [-0.1, -0.05) is 105 Å². The van der Waals surface area contributed by atoms with Gasteiger partial charge < -0.3 is 9.32 Å².